The Morgan fingerprint density at radius 1 is 1.15 bits per heavy atom. The van der Waals surface area contributed by atoms with Crippen molar-refractivity contribution in [3.63, 3.8) is 0 Å². The number of anilines is 2. The van der Waals surface area contributed by atoms with Gasteiger partial charge in [-0.25, -0.2) is 4.68 Å². The molecule has 3 aromatic rings. The Morgan fingerprint density at radius 3 is 2.58 bits per heavy atom. The molecule has 4 rings (SSSR count). The molecule has 4 N–H and O–H groups in total. The van der Waals surface area contributed by atoms with Gasteiger partial charge in [0, 0.05) is 37.0 Å². The van der Waals surface area contributed by atoms with E-state index in [1.807, 2.05) is 4.90 Å². The first-order valence-corrected chi connectivity index (χ1v) is 10.2. The first-order chi connectivity index (χ1) is 15.8. The van der Waals surface area contributed by atoms with E-state index in [0.29, 0.717) is 41.8 Å². The third-order valence-corrected chi connectivity index (χ3v) is 5.27. The number of hydrogen-bond acceptors (Lipinski definition) is 5. The van der Waals surface area contributed by atoms with E-state index in [1.54, 1.807) is 48.5 Å². The lowest BCUT2D eigenvalue weighted by atomic mass is 10.2. The summed E-state index contributed by atoms with van der Waals surface area (Å²) in [6.45, 7) is 0.890. The van der Waals surface area contributed by atoms with Crippen LogP contribution in [0.1, 0.15) is 34.6 Å². The number of hydrogen-bond donors (Lipinski definition) is 3. The van der Waals surface area contributed by atoms with Crippen molar-refractivity contribution >= 4 is 23.1 Å². The number of alkyl halides is 3. The number of benzene rings is 2. The van der Waals surface area contributed by atoms with Crippen LogP contribution in [-0.2, 0) is 12.7 Å². The van der Waals surface area contributed by atoms with Crippen molar-refractivity contribution in [1.82, 2.24) is 9.78 Å². The summed E-state index contributed by atoms with van der Waals surface area (Å²) in [5.74, 6) is -0.197. The minimum Gasteiger partial charge on any atom is -0.409 e. The number of nitrogens with zero attached hydrogens (tertiary/aromatic N) is 4. The highest BCUT2D eigenvalue weighted by atomic mass is 19.4. The molecule has 0 spiro atoms. The molecule has 0 radical (unpaired) electrons. The number of halogens is 3. The van der Waals surface area contributed by atoms with Crippen molar-refractivity contribution in [3.8, 4) is 5.69 Å². The number of nitrogens with one attached hydrogen (secondary N) is 1. The number of aromatic nitrogens is 2. The Kier molecular flexibility index (Phi) is 6.05. The van der Waals surface area contributed by atoms with Crippen LogP contribution in [0.4, 0.5) is 24.5 Å². The van der Waals surface area contributed by atoms with Gasteiger partial charge in [0.05, 0.1) is 5.69 Å². The van der Waals surface area contributed by atoms with Gasteiger partial charge in [0.25, 0.3) is 5.91 Å². The van der Waals surface area contributed by atoms with E-state index in [0.717, 1.165) is 16.8 Å². The number of amides is 1. The quantitative estimate of drug-likeness (QED) is 0.396. The topological polar surface area (TPSA) is 109 Å². The molecule has 1 saturated heterocycles. The maximum Gasteiger partial charge on any atom is 0.435 e. The van der Waals surface area contributed by atoms with Crippen molar-refractivity contribution in [3.05, 3.63) is 71.5 Å². The van der Waals surface area contributed by atoms with Gasteiger partial charge in [-0.2, -0.15) is 18.3 Å². The van der Waals surface area contributed by atoms with Crippen LogP contribution in [0.15, 0.2) is 59.8 Å². The molecule has 8 nitrogen and oxygen atoms in total. The lowest BCUT2D eigenvalue weighted by molar-refractivity contribution is -0.141. The second-order valence-corrected chi connectivity index (χ2v) is 7.47. The Hall–Kier alpha value is -3.86. The van der Waals surface area contributed by atoms with E-state index >= 15 is 0 Å². The van der Waals surface area contributed by atoms with Gasteiger partial charge in [0.1, 0.15) is 11.5 Å². The molecule has 1 fully saturated rings. The van der Waals surface area contributed by atoms with E-state index in [-0.39, 0.29) is 12.2 Å². The molecular formula is C22H21F3N6O2. The number of carbonyl (C=O) groups excluding carboxylic acids is 1. The SMILES string of the molecule is NCc1cccc(-n2nc(C(F)(F)F)cc2C(=O)Nc2ccc(N3CCC/C3=N/O)cc2)c1. The van der Waals surface area contributed by atoms with E-state index in [1.165, 1.54) is 0 Å². The number of amidine groups is 1. The summed E-state index contributed by atoms with van der Waals surface area (Å²) in [4.78, 5) is 14.8. The summed E-state index contributed by atoms with van der Waals surface area (Å²) in [6.07, 6.45) is -3.20. The minimum absolute atomic E-state index is 0.189. The van der Waals surface area contributed by atoms with Gasteiger partial charge in [-0.05, 0) is 48.4 Å². The Morgan fingerprint density at radius 2 is 1.91 bits per heavy atom. The maximum absolute atomic E-state index is 13.3. The third-order valence-electron chi connectivity index (χ3n) is 5.27. The summed E-state index contributed by atoms with van der Waals surface area (Å²) >= 11 is 0. The second kappa shape index (κ2) is 8.94. The van der Waals surface area contributed by atoms with Crippen LogP contribution in [0.2, 0.25) is 0 Å². The molecule has 172 valence electrons. The van der Waals surface area contributed by atoms with Gasteiger partial charge in [0.2, 0.25) is 0 Å². The molecule has 1 aliphatic rings. The molecule has 1 aliphatic heterocycles. The van der Waals surface area contributed by atoms with Crippen molar-refractivity contribution in [1.29, 1.82) is 0 Å². The predicted octanol–water partition coefficient (Wildman–Crippen LogP) is 3.99. The van der Waals surface area contributed by atoms with Gasteiger partial charge in [-0.3, -0.25) is 4.79 Å². The van der Waals surface area contributed by atoms with Crippen LogP contribution in [0, 0.1) is 0 Å². The number of rotatable bonds is 5. The van der Waals surface area contributed by atoms with E-state index in [4.69, 9.17) is 10.9 Å². The van der Waals surface area contributed by atoms with Gasteiger partial charge in [0.15, 0.2) is 5.69 Å². The zero-order valence-electron chi connectivity index (χ0n) is 17.4. The molecule has 0 unspecified atom stereocenters. The molecule has 1 aromatic heterocycles. The highest BCUT2D eigenvalue weighted by molar-refractivity contribution is 6.04. The van der Waals surface area contributed by atoms with Crippen LogP contribution >= 0.6 is 0 Å². The Balaban J connectivity index is 1.62. The van der Waals surface area contributed by atoms with E-state index in [2.05, 4.69) is 15.6 Å². The number of carbonyl (C=O) groups is 1. The molecule has 2 aromatic carbocycles. The third kappa shape index (κ3) is 4.67. The smallest absolute Gasteiger partial charge is 0.409 e. The lowest BCUT2D eigenvalue weighted by Crippen LogP contribution is -2.24. The first kappa shape index (κ1) is 22.3. The summed E-state index contributed by atoms with van der Waals surface area (Å²) in [6, 6.07) is 13.9. The van der Waals surface area contributed by atoms with E-state index in [9.17, 15) is 18.0 Å². The fraction of sp³-hybridized carbons (Fsp3) is 0.227. The van der Waals surface area contributed by atoms with Crippen LogP contribution < -0.4 is 16.0 Å². The summed E-state index contributed by atoms with van der Waals surface area (Å²) in [5.41, 5.74) is 6.34. The summed E-state index contributed by atoms with van der Waals surface area (Å²) in [5, 5.41) is 18.6. The fourth-order valence-electron chi connectivity index (χ4n) is 3.65. The van der Waals surface area contributed by atoms with Crippen LogP contribution in [0.5, 0.6) is 0 Å². The maximum atomic E-state index is 13.3. The number of nitrogens with two attached hydrogens (primary N) is 1. The van der Waals surface area contributed by atoms with Crippen LogP contribution in [-0.4, -0.2) is 33.3 Å². The first-order valence-electron chi connectivity index (χ1n) is 10.2. The highest BCUT2D eigenvalue weighted by Gasteiger charge is 2.36. The standard InChI is InChI=1S/C22H21F3N6O2/c23-22(24,25)19-12-18(31(28-19)17-4-1-3-14(11-17)13-26)21(32)27-15-6-8-16(9-7-15)30-10-2-5-20(30)29-33/h1,3-4,6-9,11-12,33H,2,5,10,13,26H2,(H,27,32)/b29-20-. The molecule has 2 heterocycles. The molecule has 1 amide bonds. The van der Waals surface area contributed by atoms with E-state index < -0.39 is 17.8 Å². The van der Waals surface area contributed by atoms with Gasteiger partial charge < -0.3 is 21.2 Å². The minimum atomic E-state index is -4.71. The summed E-state index contributed by atoms with van der Waals surface area (Å²) < 4.78 is 40.9. The normalized spacial score (nSPS) is 15.3. The highest BCUT2D eigenvalue weighted by Crippen LogP contribution is 2.30. The van der Waals surface area contributed by atoms with Crippen molar-refractivity contribution in [2.24, 2.45) is 10.9 Å². The van der Waals surface area contributed by atoms with Crippen molar-refractivity contribution in [2.45, 2.75) is 25.6 Å². The fourth-order valence-corrected chi connectivity index (χ4v) is 3.65. The average molecular weight is 458 g/mol. The Bertz CT molecular complexity index is 1190. The molecular weight excluding hydrogens is 437 g/mol. The van der Waals surface area contributed by atoms with Gasteiger partial charge >= 0.3 is 6.18 Å². The zero-order valence-corrected chi connectivity index (χ0v) is 17.4. The van der Waals surface area contributed by atoms with Crippen molar-refractivity contribution in [2.75, 3.05) is 16.8 Å². The molecule has 0 saturated carbocycles. The molecule has 0 bridgehead atoms. The lowest BCUT2D eigenvalue weighted by Gasteiger charge is -2.18. The van der Waals surface area contributed by atoms with Crippen molar-refractivity contribution < 1.29 is 23.2 Å². The molecule has 0 aliphatic carbocycles. The molecule has 0 atom stereocenters. The van der Waals surface area contributed by atoms with Crippen LogP contribution in [0.25, 0.3) is 5.69 Å². The number of oxime groups is 1. The largest absolute Gasteiger partial charge is 0.435 e. The monoisotopic (exact) mass is 458 g/mol. The molecule has 11 heteroatoms. The average Bonchev–Trinajstić information content (AvgIpc) is 3.47. The summed E-state index contributed by atoms with van der Waals surface area (Å²) in [7, 11) is 0. The molecule has 33 heavy (non-hydrogen) atoms. The van der Waals surface area contributed by atoms with Crippen LogP contribution in [0.3, 0.4) is 0 Å². The Labute approximate surface area is 187 Å². The predicted molar refractivity (Wildman–Crippen MR) is 117 cm³/mol. The zero-order chi connectivity index (χ0) is 23.6. The van der Waals surface area contributed by atoms with Gasteiger partial charge in [-0.15, -0.1) is 0 Å². The second-order valence-electron chi connectivity index (χ2n) is 7.47. The van der Waals surface area contributed by atoms with Gasteiger partial charge in [-0.1, -0.05) is 17.3 Å².